The molecule has 31 heavy (non-hydrogen) atoms. The Kier molecular flexibility index (Phi) is 4.16. The number of hydrogen-bond acceptors (Lipinski definition) is 5. The number of hydrogen-bond donors (Lipinski definition) is 0. The van der Waals surface area contributed by atoms with Gasteiger partial charge in [0, 0.05) is 18.1 Å². The van der Waals surface area contributed by atoms with Crippen LogP contribution >= 0.6 is 0 Å². The summed E-state index contributed by atoms with van der Waals surface area (Å²) in [5, 5.41) is 1.91. The summed E-state index contributed by atoms with van der Waals surface area (Å²) in [6, 6.07) is 18.0. The molecular weight excluding hydrogens is 388 g/mol. The van der Waals surface area contributed by atoms with Gasteiger partial charge in [-0.05, 0) is 49.1 Å². The summed E-state index contributed by atoms with van der Waals surface area (Å²) in [6.45, 7) is 8.02. The van der Waals surface area contributed by atoms with Crippen molar-refractivity contribution < 1.29 is 14.3 Å². The standard InChI is InChI=1S/C26H26N2O3/c1-16(2)24(29)30-18-12-10-17-11-13-22-23(19(17)14-18)27-15-26(31-22)25(3,4)20-8-6-7-9-21(20)28(26)5/h6-16H,1-5H3. The lowest BCUT2D eigenvalue weighted by molar-refractivity contribution is -0.137. The second-order valence-corrected chi connectivity index (χ2v) is 9.13. The Hall–Kier alpha value is -3.34. The maximum Gasteiger partial charge on any atom is 0.313 e. The molecule has 0 bridgehead atoms. The maximum atomic E-state index is 12.0. The van der Waals surface area contributed by atoms with Gasteiger partial charge in [-0.3, -0.25) is 9.79 Å². The van der Waals surface area contributed by atoms with E-state index in [1.807, 2.05) is 56.5 Å². The summed E-state index contributed by atoms with van der Waals surface area (Å²) in [4.78, 5) is 19.1. The van der Waals surface area contributed by atoms with E-state index in [1.165, 1.54) is 5.56 Å². The van der Waals surface area contributed by atoms with E-state index in [-0.39, 0.29) is 17.3 Å². The molecule has 0 aromatic heterocycles. The predicted molar refractivity (Wildman–Crippen MR) is 124 cm³/mol. The molecule has 1 atom stereocenters. The summed E-state index contributed by atoms with van der Waals surface area (Å²) in [6.07, 6.45) is 1.92. The number of benzene rings is 3. The molecule has 158 valence electrons. The topological polar surface area (TPSA) is 51.1 Å². The minimum atomic E-state index is -0.723. The summed E-state index contributed by atoms with van der Waals surface area (Å²) < 4.78 is 12.2. The van der Waals surface area contributed by atoms with Gasteiger partial charge in [0.1, 0.15) is 17.2 Å². The average Bonchev–Trinajstić information content (AvgIpc) is 2.92. The Bertz CT molecular complexity index is 1240. The molecule has 5 nitrogen and oxygen atoms in total. The lowest BCUT2D eigenvalue weighted by Crippen LogP contribution is -2.61. The van der Waals surface area contributed by atoms with Crippen LogP contribution in [-0.2, 0) is 10.2 Å². The molecule has 0 radical (unpaired) electrons. The highest BCUT2D eigenvalue weighted by atomic mass is 16.5. The fourth-order valence-corrected chi connectivity index (χ4v) is 4.65. The second-order valence-electron chi connectivity index (χ2n) is 9.13. The number of likely N-dealkylation sites (N-methyl/N-ethyl adjacent to an activating group) is 1. The molecule has 0 saturated carbocycles. The Balaban J connectivity index is 1.60. The van der Waals surface area contributed by atoms with Gasteiger partial charge in [0.05, 0.1) is 17.5 Å². The van der Waals surface area contributed by atoms with E-state index in [0.29, 0.717) is 5.75 Å². The second kappa shape index (κ2) is 6.58. The fraction of sp³-hybridized carbons (Fsp3) is 0.308. The number of rotatable bonds is 2. The molecule has 0 fully saturated rings. The van der Waals surface area contributed by atoms with Crippen LogP contribution in [-0.4, -0.2) is 25.0 Å². The molecule has 0 N–H and O–H groups in total. The van der Waals surface area contributed by atoms with Crippen LogP contribution in [0.25, 0.3) is 10.8 Å². The van der Waals surface area contributed by atoms with Gasteiger partial charge in [0.2, 0.25) is 5.72 Å². The van der Waals surface area contributed by atoms with Gasteiger partial charge in [-0.2, -0.15) is 0 Å². The Labute approximate surface area is 182 Å². The van der Waals surface area contributed by atoms with Crippen molar-refractivity contribution in [2.45, 2.75) is 38.8 Å². The smallest absolute Gasteiger partial charge is 0.313 e. The first-order valence-corrected chi connectivity index (χ1v) is 10.6. The molecule has 2 aliphatic heterocycles. The Morgan fingerprint density at radius 2 is 1.84 bits per heavy atom. The number of aliphatic imine (C=N–C) groups is 1. The van der Waals surface area contributed by atoms with Gasteiger partial charge in [-0.1, -0.05) is 44.2 Å². The van der Waals surface area contributed by atoms with Gasteiger partial charge in [0.25, 0.3) is 0 Å². The number of ether oxygens (including phenoxy) is 2. The Morgan fingerprint density at radius 3 is 2.58 bits per heavy atom. The van der Waals surface area contributed by atoms with Crippen molar-refractivity contribution in [1.29, 1.82) is 0 Å². The highest BCUT2D eigenvalue weighted by molar-refractivity contribution is 6.00. The molecule has 0 saturated heterocycles. The van der Waals surface area contributed by atoms with E-state index in [0.717, 1.165) is 27.9 Å². The van der Waals surface area contributed by atoms with Gasteiger partial charge in [-0.25, -0.2) is 0 Å². The van der Waals surface area contributed by atoms with E-state index in [1.54, 1.807) is 0 Å². The van der Waals surface area contributed by atoms with Crippen LogP contribution in [0, 0.1) is 5.92 Å². The number of carbonyl (C=O) groups is 1. The number of nitrogens with zero attached hydrogens (tertiary/aromatic N) is 2. The SMILES string of the molecule is CC(C)C(=O)Oc1ccc2ccc3c(c2c1)N=CC1(O3)N(C)c2ccccc2C1(C)C. The van der Waals surface area contributed by atoms with Crippen LogP contribution in [0.3, 0.4) is 0 Å². The van der Waals surface area contributed by atoms with Crippen molar-refractivity contribution in [2.75, 3.05) is 11.9 Å². The fourth-order valence-electron chi connectivity index (χ4n) is 4.65. The molecule has 5 rings (SSSR count). The summed E-state index contributed by atoms with van der Waals surface area (Å²) >= 11 is 0. The Morgan fingerprint density at radius 1 is 1.10 bits per heavy atom. The van der Waals surface area contributed by atoms with Crippen molar-refractivity contribution >= 4 is 34.3 Å². The molecule has 5 heteroatoms. The first-order valence-electron chi connectivity index (χ1n) is 10.6. The largest absolute Gasteiger partial charge is 0.459 e. The lowest BCUT2D eigenvalue weighted by atomic mass is 9.77. The zero-order chi connectivity index (χ0) is 22.0. The van der Waals surface area contributed by atoms with Crippen LogP contribution in [0.4, 0.5) is 11.4 Å². The van der Waals surface area contributed by atoms with Crippen molar-refractivity contribution in [3.05, 3.63) is 60.2 Å². The van der Waals surface area contributed by atoms with Crippen LogP contribution in [0.2, 0.25) is 0 Å². The number of esters is 1. The molecule has 1 unspecified atom stereocenters. The van der Waals surface area contributed by atoms with Gasteiger partial charge < -0.3 is 14.4 Å². The summed E-state index contributed by atoms with van der Waals surface area (Å²) in [5.41, 5.74) is 2.11. The highest BCUT2D eigenvalue weighted by Crippen LogP contribution is 2.54. The summed E-state index contributed by atoms with van der Waals surface area (Å²) in [7, 11) is 2.05. The zero-order valence-corrected chi connectivity index (χ0v) is 18.5. The lowest BCUT2D eigenvalue weighted by Gasteiger charge is -2.45. The average molecular weight is 415 g/mol. The minimum absolute atomic E-state index is 0.191. The van der Waals surface area contributed by atoms with Crippen LogP contribution in [0.15, 0.2) is 59.6 Å². The molecule has 2 heterocycles. The molecule has 3 aromatic carbocycles. The highest BCUT2D eigenvalue weighted by Gasteiger charge is 2.58. The van der Waals surface area contributed by atoms with E-state index in [2.05, 4.69) is 44.0 Å². The molecule has 2 aliphatic rings. The van der Waals surface area contributed by atoms with E-state index < -0.39 is 5.72 Å². The third-order valence-corrected chi connectivity index (χ3v) is 6.58. The van der Waals surface area contributed by atoms with Crippen molar-refractivity contribution in [2.24, 2.45) is 10.9 Å². The molecule has 1 spiro atoms. The number of para-hydroxylation sites is 1. The van der Waals surface area contributed by atoms with E-state index in [9.17, 15) is 4.79 Å². The van der Waals surface area contributed by atoms with E-state index >= 15 is 0 Å². The molecule has 0 aliphatic carbocycles. The molecular formula is C26H26N2O3. The van der Waals surface area contributed by atoms with Gasteiger partial charge in [0.15, 0.2) is 0 Å². The minimum Gasteiger partial charge on any atom is -0.459 e. The zero-order valence-electron chi connectivity index (χ0n) is 18.5. The molecule has 3 aromatic rings. The van der Waals surface area contributed by atoms with Crippen LogP contribution in [0.1, 0.15) is 33.3 Å². The number of carbonyl (C=O) groups excluding carboxylic acids is 1. The predicted octanol–water partition coefficient (Wildman–Crippen LogP) is 5.62. The van der Waals surface area contributed by atoms with Gasteiger partial charge in [-0.15, -0.1) is 0 Å². The van der Waals surface area contributed by atoms with Crippen LogP contribution < -0.4 is 14.4 Å². The number of fused-ring (bicyclic) bond motifs is 4. The third-order valence-electron chi connectivity index (χ3n) is 6.58. The van der Waals surface area contributed by atoms with Crippen molar-refractivity contribution in [3.63, 3.8) is 0 Å². The summed E-state index contributed by atoms with van der Waals surface area (Å²) in [5.74, 6) is 0.786. The first kappa shape index (κ1) is 19.6. The quantitative estimate of drug-likeness (QED) is 0.403. The third kappa shape index (κ3) is 2.69. The van der Waals surface area contributed by atoms with Crippen molar-refractivity contribution in [1.82, 2.24) is 0 Å². The van der Waals surface area contributed by atoms with E-state index in [4.69, 9.17) is 14.5 Å². The normalized spacial score (nSPS) is 20.6. The van der Waals surface area contributed by atoms with Crippen molar-refractivity contribution in [3.8, 4) is 11.5 Å². The first-order chi connectivity index (χ1) is 14.7. The van der Waals surface area contributed by atoms with Crippen LogP contribution in [0.5, 0.6) is 11.5 Å². The van der Waals surface area contributed by atoms with Gasteiger partial charge >= 0.3 is 5.97 Å². The molecule has 0 amide bonds. The maximum absolute atomic E-state index is 12.0. The monoisotopic (exact) mass is 414 g/mol. The number of anilines is 1.